The van der Waals surface area contributed by atoms with Crippen LogP contribution in [0.15, 0.2) is 48.5 Å². The van der Waals surface area contributed by atoms with Crippen molar-refractivity contribution >= 4 is 40.7 Å². The highest BCUT2D eigenvalue weighted by Crippen LogP contribution is 2.23. The van der Waals surface area contributed by atoms with Gasteiger partial charge in [0.15, 0.2) is 0 Å². The van der Waals surface area contributed by atoms with Crippen molar-refractivity contribution in [2.45, 2.75) is 19.8 Å². The molecule has 1 aliphatic rings. The number of ether oxygens (including phenoxy) is 3. The second-order valence-electron chi connectivity index (χ2n) is 9.21. The summed E-state index contributed by atoms with van der Waals surface area (Å²) in [4.78, 5) is 26.8. The molecule has 12 heteroatoms. The van der Waals surface area contributed by atoms with Gasteiger partial charge in [-0.15, -0.1) is 0 Å². The van der Waals surface area contributed by atoms with Crippen LogP contribution in [0.3, 0.4) is 0 Å². The van der Waals surface area contributed by atoms with E-state index in [1.54, 1.807) is 31.2 Å². The van der Waals surface area contributed by atoms with Crippen LogP contribution < -0.4 is 20.9 Å². The Balaban J connectivity index is 1.32. The van der Waals surface area contributed by atoms with Crippen LogP contribution >= 0.6 is 0 Å². The third kappa shape index (κ3) is 9.95. The smallest absolute Gasteiger partial charge is 0.233 e. The Kier molecular flexibility index (Phi) is 11.3. The van der Waals surface area contributed by atoms with E-state index >= 15 is 0 Å². The van der Waals surface area contributed by atoms with Crippen molar-refractivity contribution in [3.63, 3.8) is 0 Å². The van der Waals surface area contributed by atoms with E-state index in [2.05, 4.69) is 47.9 Å². The fraction of sp³-hybridized carbons (Fsp3) is 0.429. The zero-order valence-electron chi connectivity index (χ0n) is 22.8. The molecule has 1 aliphatic heterocycles. The zero-order valence-corrected chi connectivity index (χ0v) is 22.8. The molecule has 2 heterocycles. The third-order valence-corrected chi connectivity index (χ3v) is 5.98. The number of morpholine rings is 1. The molecule has 4 N–H and O–H groups in total. The molecule has 0 atom stereocenters. The number of nitrogens with one attached hydrogen (secondary N) is 3. The van der Waals surface area contributed by atoms with E-state index in [1.807, 2.05) is 12.1 Å². The number of nitrogens with zero attached hydrogens (tertiary/aromatic N) is 4. The Morgan fingerprint density at radius 2 is 1.43 bits per heavy atom. The Morgan fingerprint density at radius 3 is 2.05 bits per heavy atom. The number of ketones is 1. The van der Waals surface area contributed by atoms with Crippen LogP contribution in [-0.4, -0.2) is 85.1 Å². The summed E-state index contributed by atoms with van der Waals surface area (Å²) in [5.74, 6) is 1.44. The van der Waals surface area contributed by atoms with Gasteiger partial charge in [-0.05, 0) is 61.9 Å². The van der Waals surface area contributed by atoms with E-state index in [4.69, 9.17) is 14.2 Å². The molecule has 4 rings (SSSR count). The largest absolute Gasteiger partial charge is 0.508 e. The van der Waals surface area contributed by atoms with Gasteiger partial charge in [0.25, 0.3) is 0 Å². The lowest BCUT2D eigenvalue weighted by Crippen LogP contribution is -2.36. The van der Waals surface area contributed by atoms with Gasteiger partial charge >= 0.3 is 0 Å². The molecule has 1 saturated heterocycles. The lowest BCUT2D eigenvalue weighted by molar-refractivity contribution is -0.117. The summed E-state index contributed by atoms with van der Waals surface area (Å²) in [6, 6.07) is 14.8. The molecule has 0 aliphatic carbocycles. The van der Waals surface area contributed by atoms with Gasteiger partial charge in [0.1, 0.15) is 11.5 Å². The van der Waals surface area contributed by atoms with Crippen molar-refractivity contribution in [2.75, 3.05) is 80.1 Å². The molecule has 40 heavy (non-hydrogen) atoms. The predicted octanol–water partition coefficient (Wildman–Crippen LogP) is 3.72. The number of carbonyl (C=O) groups excluding carboxylic acids is 1. The molecule has 0 unspecified atom stereocenters. The van der Waals surface area contributed by atoms with Gasteiger partial charge in [0.05, 0.1) is 33.0 Å². The standard InChI is InChI=1S/C28H37N7O5/c1-21(36)3-2-15-38-19-20-39-16-12-29-26-32-27(34-28(33-26)31-23-6-10-25(37)11-7-23)30-22-4-8-24(9-5-22)35-13-17-40-18-14-35/h4-11,37H,2-3,12-20H2,1H3,(H3,29,30,31,32,33,34). The first-order valence-electron chi connectivity index (χ1n) is 13.5. The van der Waals surface area contributed by atoms with E-state index in [1.165, 1.54) is 0 Å². The summed E-state index contributed by atoms with van der Waals surface area (Å²) < 4.78 is 16.5. The van der Waals surface area contributed by atoms with Crippen LogP contribution in [0.25, 0.3) is 0 Å². The molecule has 214 valence electrons. The second-order valence-corrected chi connectivity index (χ2v) is 9.21. The van der Waals surface area contributed by atoms with Crippen molar-refractivity contribution < 1.29 is 24.1 Å². The average Bonchev–Trinajstić information content (AvgIpc) is 2.96. The first-order valence-corrected chi connectivity index (χ1v) is 13.5. The Morgan fingerprint density at radius 1 is 0.850 bits per heavy atom. The van der Waals surface area contributed by atoms with Gasteiger partial charge in [0.2, 0.25) is 17.8 Å². The summed E-state index contributed by atoms with van der Waals surface area (Å²) in [5, 5.41) is 19.2. The Labute approximate surface area is 234 Å². The normalized spacial score (nSPS) is 13.2. The summed E-state index contributed by atoms with van der Waals surface area (Å²) >= 11 is 0. The number of hydrogen-bond acceptors (Lipinski definition) is 12. The number of hydrogen-bond donors (Lipinski definition) is 4. The maximum Gasteiger partial charge on any atom is 0.233 e. The van der Waals surface area contributed by atoms with Gasteiger partial charge in [-0.1, -0.05) is 0 Å². The van der Waals surface area contributed by atoms with Gasteiger partial charge < -0.3 is 45.0 Å². The Bertz CT molecular complexity index is 1190. The fourth-order valence-electron chi connectivity index (χ4n) is 3.93. The van der Waals surface area contributed by atoms with Gasteiger partial charge in [-0.2, -0.15) is 15.0 Å². The van der Waals surface area contributed by atoms with Gasteiger partial charge in [-0.25, -0.2) is 0 Å². The summed E-state index contributed by atoms with van der Waals surface area (Å²) in [6.45, 7) is 7.21. The highest BCUT2D eigenvalue weighted by molar-refractivity contribution is 5.75. The molecule has 0 amide bonds. The minimum atomic E-state index is 0.172. The number of aromatic nitrogens is 3. The summed E-state index contributed by atoms with van der Waals surface area (Å²) in [7, 11) is 0. The lowest BCUT2D eigenvalue weighted by Gasteiger charge is -2.28. The highest BCUT2D eigenvalue weighted by Gasteiger charge is 2.12. The van der Waals surface area contributed by atoms with Crippen LogP contribution in [0.2, 0.25) is 0 Å². The van der Waals surface area contributed by atoms with Gasteiger partial charge in [0, 0.05) is 49.7 Å². The number of benzene rings is 2. The molecular formula is C28H37N7O5. The van der Waals surface area contributed by atoms with Crippen LogP contribution in [-0.2, 0) is 19.0 Å². The van der Waals surface area contributed by atoms with E-state index < -0.39 is 0 Å². The maximum atomic E-state index is 10.9. The molecular weight excluding hydrogens is 514 g/mol. The number of anilines is 6. The van der Waals surface area contributed by atoms with Crippen LogP contribution in [0.1, 0.15) is 19.8 Å². The molecule has 0 radical (unpaired) electrons. The minimum absolute atomic E-state index is 0.172. The number of aromatic hydroxyl groups is 1. The number of rotatable bonds is 16. The third-order valence-electron chi connectivity index (χ3n) is 5.98. The highest BCUT2D eigenvalue weighted by atomic mass is 16.5. The predicted molar refractivity (Wildman–Crippen MR) is 154 cm³/mol. The molecule has 1 aromatic heterocycles. The molecule has 12 nitrogen and oxygen atoms in total. The molecule has 0 spiro atoms. The van der Waals surface area contributed by atoms with Crippen LogP contribution in [0.5, 0.6) is 5.75 Å². The van der Waals surface area contributed by atoms with Crippen LogP contribution in [0.4, 0.5) is 34.9 Å². The van der Waals surface area contributed by atoms with E-state index in [9.17, 15) is 9.90 Å². The van der Waals surface area contributed by atoms with Crippen LogP contribution in [0, 0.1) is 0 Å². The monoisotopic (exact) mass is 551 g/mol. The lowest BCUT2D eigenvalue weighted by atomic mass is 10.2. The fourth-order valence-corrected chi connectivity index (χ4v) is 3.93. The molecule has 1 fully saturated rings. The number of phenolic OH excluding ortho intramolecular Hbond substituents is 1. The minimum Gasteiger partial charge on any atom is -0.508 e. The second kappa shape index (κ2) is 15.6. The molecule has 3 aromatic rings. The summed E-state index contributed by atoms with van der Waals surface area (Å²) in [5.41, 5.74) is 2.71. The van der Waals surface area contributed by atoms with Crippen molar-refractivity contribution in [3.05, 3.63) is 48.5 Å². The van der Waals surface area contributed by atoms with E-state index in [0.717, 1.165) is 49.8 Å². The van der Waals surface area contributed by atoms with Crippen molar-refractivity contribution in [1.82, 2.24) is 15.0 Å². The first kappa shape index (κ1) is 29.0. The van der Waals surface area contributed by atoms with Crippen molar-refractivity contribution in [3.8, 4) is 5.75 Å². The van der Waals surface area contributed by atoms with E-state index in [-0.39, 0.29) is 11.5 Å². The summed E-state index contributed by atoms with van der Waals surface area (Å²) in [6.07, 6.45) is 1.27. The number of carbonyl (C=O) groups is 1. The molecule has 0 bridgehead atoms. The average molecular weight is 552 g/mol. The van der Waals surface area contributed by atoms with Crippen molar-refractivity contribution in [2.24, 2.45) is 0 Å². The van der Waals surface area contributed by atoms with E-state index in [0.29, 0.717) is 57.2 Å². The number of Topliss-reactive ketones (excluding diaryl/α,β-unsaturated/α-hetero) is 1. The molecule has 0 saturated carbocycles. The number of phenols is 1. The molecule has 2 aromatic carbocycles. The SMILES string of the molecule is CC(=O)CCCOCCOCCNc1nc(Nc2ccc(O)cc2)nc(Nc2ccc(N3CCOCC3)cc2)n1. The first-order chi connectivity index (χ1) is 19.5. The van der Waals surface area contributed by atoms with Crippen molar-refractivity contribution in [1.29, 1.82) is 0 Å². The maximum absolute atomic E-state index is 10.9. The zero-order chi connectivity index (χ0) is 28.0. The topological polar surface area (TPSA) is 143 Å². The Hall–Kier alpha value is -4.00. The van der Waals surface area contributed by atoms with Gasteiger partial charge in [-0.3, -0.25) is 0 Å². The quantitative estimate of drug-likeness (QED) is 0.152.